The van der Waals surface area contributed by atoms with Gasteiger partial charge in [-0.25, -0.2) is 4.39 Å². The molecule has 1 aliphatic heterocycles. The molecule has 1 saturated heterocycles. The van der Waals surface area contributed by atoms with E-state index in [1.54, 1.807) is 49.5 Å². The molecule has 0 bridgehead atoms. The second-order valence-electron chi connectivity index (χ2n) is 8.92. The lowest BCUT2D eigenvalue weighted by Gasteiger charge is -2.33. The van der Waals surface area contributed by atoms with Crippen LogP contribution in [0.3, 0.4) is 0 Å². The van der Waals surface area contributed by atoms with Crippen LogP contribution in [0.2, 0.25) is 0 Å². The van der Waals surface area contributed by atoms with Crippen LogP contribution in [0.4, 0.5) is 10.3 Å². The summed E-state index contributed by atoms with van der Waals surface area (Å²) < 4.78 is 30.1. The molecule has 0 N–H and O–H groups in total. The molecule has 1 amide bonds. The summed E-state index contributed by atoms with van der Waals surface area (Å²) in [5, 5.41) is 4.38. The summed E-state index contributed by atoms with van der Waals surface area (Å²) in [4.78, 5) is 19.9. The van der Waals surface area contributed by atoms with Crippen molar-refractivity contribution in [3.05, 3.63) is 65.5 Å². The van der Waals surface area contributed by atoms with E-state index in [1.165, 1.54) is 12.1 Å². The van der Waals surface area contributed by atoms with Crippen molar-refractivity contribution in [1.82, 2.24) is 15.0 Å². The van der Waals surface area contributed by atoms with Gasteiger partial charge in [-0.1, -0.05) is 11.2 Å². The molecule has 36 heavy (non-hydrogen) atoms. The summed E-state index contributed by atoms with van der Waals surface area (Å²) in [5.74, 6) is 0.823. The van der Waals surface area contributed by atoms with Crippen molar-refractivity contribution in [2.24, 2.45) is 0 Å². The Kier molecular flexibility index (Phi) is 8.56. The van der Waals surface area contributed by atoms with Crippen LogP contribution in [-0.2, 0) is 11.3 Å². The second kappa shape index (κ2) is 12.0. The zero-order valence-electron chi connectivity index (χ0n) is 21.1. The first-order chi connectivity index (χ1) is 17.5. The van der Waals surface area contributed by atoms with E-state index < -0.39 is 0 Å². The Morgan fingerprint density at radius 2 is 1.86 bits per heavy atom. The van der Waals surface area contributed by atoms with E-state index >= 15 is 0 Å². The lowest BCUT2D eigenvalue weighted by atomic mass is 10.1. The number of piperazine rings is 1. The maximum absolute atomic E-state index is 13.7. The van der Waals surface area contributed by atoms with Crippen LogP contribution in [0.5, 0.6) is 5.75 Å². The molecule has 0 radical (unpaired) electrons. The molecule has 0 atom stereocenters. The van der Waals surface area contributed by atoms with Crippen LogP contribution in [0.15, 0.2) is 53.1 Å². The fourth-order valence-corrected chi connectivity index (χ4v) is 4.32. The number of carbonyl (C=O) groups excluding carboxylic acids is 1. The van der Waals surface area contributed by atoms with E-state index in [9.17, 15) is 9.18 Å². The third kappa shape index (κ3) is 6.03. The van der Waals surface area contributed by atoms with Gasteiger partial charge in [-0.3, -0.25) is 4.79 Å². The number of hydrogen-bond donors (Lipinski definition) is 0. The topological polar surface area (TPSA) is 71.3 Å². The number of halogens is 1. The molecule has 0 aliphatic carbocycles. The average Bonchev–Trinajstić information content (AvgIpc) is 3.32. The van der Waals surface area contributed by atoms with Crippen molar-refractivity contribution < 1.29 is 23.2 Å². The van der Waals surface area contributed by atoms with Crippen molar-refractivity contribution in [3.8, 4) is 17.0 Å². The highest BCUT2D eigenvalue weighted by molar-refractivity contribution is 5.94. The zero-order valence-corrected chi connectivity index (χ0v) is 21.1. The molecule has 3 aromatic rings. The lowest BCUT2D eigenvalue weighted by molar-refractivity contribution is 0.0723. The summed E-state index contributed by atoms with van der Waals surface area (Å²) in [7, 11) is 5.31. The molecule has 2 aromatic carbocycles. The number of amides is 1. The predicted octanol–water partition coefficient (Wildman–Crippen LogP) is 3.92. The first-order valence-corrected chi connectivity index (χ1v) is 12.1. The van der Waals surface area contributed by atoms with Gasteiger partial charge < -0.3 is 28.7 Å². The molecule has 4 rings (SSSR count). The molecule has 0 unspecified atom stereocenters. The Labute approximate surface area is 211 Å². The number of nitrogens with zero attached hydrogens (tertiary/aromatic N) is 4. The monoisotopic (exact) mass is 496 g/mol. The Morgan fingerprint density at radius 3 is 2.56 bits per heavy atom. The van der Waals surface area contributed by atoms with Gasteiger partial charge in [0, 0.05) is 57.6 Å². The molecule has 9 heteroatoms. The number of ether oxygens (including phenoxy) is 2. The number of likely N-dealkylation sites (N-methyl/N-ethyl adjacent to an activating group) is 1. The predicted molar refractivity (Wildman–Crippen MR) is 136 cm³/mol. The van der Waals surface area contributed by atoms with Crippen molar-refractivity contribution in [2.75, 3.05) is 65.5 Å². The van der Waals surface area contributed by atoms with Gasteiger partial charge in [0.05, 0.1) is 19.2 Å². The maximum Gasteiger partial charge on any atom is 0.254 e. The van der Waals surface area contributed by atoms with E-state index in [0.717, 1.165) is 37.3 Å². The van der Waals surface area contributed by atoms with E-state index in [4.69, 9.17) is 14.0 Å². The molecule has 1 fully saturated rings. The molecule has 1 aliphatic rings. The molecular formula is C27H33FN4O4. The molecule has 0 saturated carbocycles. The van der Waals surface area contributed by atoms with Gasteiger partial charge in [0.15, 0.2) is 0 Å². The fourth-order valence-electron chi connectivity index (χ4n) is 4.32. The van der Waals surface area contributed by atoms with Crippen molar-refractivity contribution in [2.45, 2.75) is 13.0 Å². The minimum Gasteiger partial charge on any atom is -0.497 e. The third-order valence-electron chi connectivity index (χ3n) is 6.40. The minimum atomic E-state index is -0.322. The van der Waals surface area contributed by atoms with Gasteiger partial charge in [-0.05, 0) is 55.9 Å². The first-order valence-electron chi connectivity index (χ1n) is 12.1. The van der Waals surface area contributed by atoms with Crippen LogP contribution >= 0.6 is 0 Å². The van der Waals surface area contributed by atoms with Crippen LogP contribution < -0.4 is 9.64 Å². The SMILES string of the molecule is COCCCN(Cc1c(-c2ccc(F)cc2)noc1N1CCN(C)CC1)C(=O)c1cccc(OC)c1. The number of aromatic nitrogens is 1. The van der Waals surface area contributed by atoms with Gasteiger partial charge in [0.1, 0.15) is 17.3 Å². The van der Waals surface area contributed by atoms with Gasteiger partial charge in [-0.15, -0.1) is 0 Å². The molecule has 192 valence electrons. The standard InChI is InChI=1S/C27H33FN4O4/c1-30-13-15-31(16-14-30)27-24(25(29-36-27)20-8-10-22(28)11-9-20)19-32(12-5-17-34-2)26(33)21-6-4-7-23(18-21)35-3/h4,6-11,18H,5,12-17,19H2,1-3H3. The van der Waals surface area contributed by atoms with Gasteiger partial charge >= 0.3 is 0 Å². The molecule has 1 aromatic heterocycles. The summed E-state index contributed by atoms with van der Waals surface area (Å²) in [6.45, 7) is 4.67. The Bertz CT molecular complexity index is 1140. The normalized spacial score (nSPS) is 14.2. The molecular weight excluding hydrogens is 463 g/mol. The zero-order chi connectivity index (χ0) is 25.5. The highest BCUT2D eigenvalue weighted by atomic mass is 19.1. The highest BCUT2D eigenvalue weighted by Crippen LogP contribution is 2.33. The Balaban J connectivity index is 1.71. The summed E-state index contributed by atoms with van der Waals surface area (Å²) in [6, 6.07) is 13.3. The Hall–Kier alpha value is -3.43. The fraction of sp³-hybridized carbons (Fsp3) is 0.407. The van der Waals surface area contributed by atoms with Crippen LogP contribution in [0.25, 0.3) is 11.3 Å². The largest absolute Gasteiger partial charge is 0.497 e. The van der Waals surface area contributed by atoms with E-state index in [1.807, 2.05) is 6.07 Å². The number of methoxy groups -OCH3 is 2. The van der Waals surface area contributed by atoms with Crippen molar-refractivity contribution >= 4 is 11.8 Å². The Morgan fingerprint density at radius 1 is 1.11 bits per heavy atom. The van der Waals surface area contributed by atoms with Gasteiger partial charge in [0.25, 0.3) is 5.91 Å². The van der Waals surface area contributed by atoms with Crippen molar-refractivity contribution in [3.63, 3.8) is 0 Å². The van der Waals surface area contributed by atoms with Crippen LogP contribution in [0, 0.1) is 5.82 Å². The number of benzene rings is 2. The maximum atomic E-state index is 13.7. The van der Waals surface area contributed by atoms with Gasteiger partial charge in [-0.2, -0.15) is 0 Å². The number of anilines is 1. The van der Waals surface area contributed by atoms with Crippen molar-refractivity contribution in [1.29, 1.82) is 0 Å². The van der Waals surface area contributed by atoms with Crippen LogP contribution in [0.1, 0.15) is 22.3 Å². The summed E-state index contributed by atoms with van der Waals surface area (Å²) in [5.41, 5.74) is 2.69. The van der Waals surface area contributed by atoms with E-state index in [0.29, 0.717) is 42.5 Å². The third-order valence-corrected chi connectivity index (χ3v) is 6.40. The smallest absolute Gasteiger partial charge is 0.254 e. The molecule has 2 heterocycles. The van der Waals surface area contributed by atoms with E-state index in [2.05, 4.69) is 22.0 Å². The summed E-state index contributed by atoms with van der Waals surface area (Å²) >= 11 is 0. The molecule has 8 nitrogen and oxygen atoms in total. The van der Waals surface area contributed by atoms with Crippen LogP contribution in [-0.4, -0.2) is 81.5 Å². The number of rotatable bonds is 10. The first kappa shape index (κ1) is 25.7. The van der Waals surface area contributed by atoms with E-state index in [-0.39, 0.29) is 18.3 Å². The summed E-state index contributed by atoms with van der Waals surface area (Å²) in [6.07, 6.45) is 0.674. The number of carbonyl (C=O) groups is 1. The number of hydrogen-bond acceptors (Lipinski definition) is 7. The highest BCUT2D eigenvalue weighted by Gasteiger charge is 2.28. The average molecular weight is 497 g/mol. The minimum absolute atomic E-state index is 0.124. The lowest BCUT2D eigenvalue weighted by Crippen LogP contribution is -2.45. The quantitative estimate of drug-likeness (QED) is 0.394. The second-order valence-corrected chi connectivity index (χ2v) is 8.92. The van der Waals surface area contributed by atoms with Gasteiger partial charge in [0.2, 0.25) is 5.88 Å². The molecule has 0 spiro atoms.